The van der Waals surface area contributed by atoms with E-state index >= 15 is 4.79 Å². The van der Waals surface area contributed by atoms with Gasteiger partial charge in [0.15, 0.2) is 23.0 Å². The summed E-state index contributed by atoms with van der Waals surface area (Å²) in [4.78, 5) is 23.1. The van der Waals surface area contributed by atoms with Gasteiger partial charge in [0.05, 0.1) is 26.2 Å². The van der Waals surface area contributed by atoms with Crippen molar-refractivity contribution in [3.05, 3.63) is 126 Å². The zero-order valence-corrected chi connectivity index (χ0v) is 32.1. The second-order valence-electron chi connectivity index (χ2n) is 15.1. The number of aromatic hydroxyl groups is 4. The van der Waals surface area contributed by atoms with Crippen LogP contribution in [0.3, 0.4) is 0 Å². The highest BCUT2D eigenvalue weighted by molar-refractivity contribution is 5.87. The van der Waals surface area contributed by atoms with Crippen LogP contribution in [0.1, 0.15) is 54.5 Å². The second kappa shape index (κ2) is 16.9. The van der Waals surface area contributed by atoms with E-state index in [-0.39, 0.29) is 59.7 Å². The summed E-state index contributed by atoms with van der Waals surface area (Å²) in [6.45, 7) is 0. The Labute approximate surface area is 331 Å². The molecule has 7 rings (SSSR count). The number of anilines is 2. The molecule has 57 heavy (non-hydrogen) atoms. The Morgan fingerprint density at radius 2 is 1.67 bits per heavy atom. The van der Waals surface area contributed by atoms with Gasteiger partial charge in [-0.15, -0.1) is 0 Å². The monoisotopic (exact) mass is 771 g/mol. The number of ether oxygens (including phenoxy) is 2. The first-order valence-electron chi connectivity index (χ1n) is 19.3. The van der Waals surface area contributed by atoms with Crippen molar-refractivity contribution in [1.29, 1.82) is 0 Å². The van der Waals surface area contributed by atoms with Crippen molar-refractivity contribution < 1.29 is 39.8 Å². The van der Waals surface area contributed by atoms with Crippen LogP contribution in [0.5, 0.6) is 34.5 Å². The molecule has 0 aliphatic heterocycles. The first-order chi connectivity index (χ1) is 27.6. The molecule has 1 aliphatic carbocycles. The number of aliphatic hydroxyl groups is 1. The van der Waals surface area contributed by atoms with Crippen LogP contribution in [0.2, 0.25) is 0 Å². The van der Waals surface area contributed by atoms with Gasteiger partial charge in [-0.25, -0.2) is 4.98 Å². The fraction of sp³-hybridized carbons (Fsp3) is 0.304. The van der Waals surface area contributed by atoms with Crippen LogP contribution in [0, 0.1) is 11.8 Å². The number of phenolic OH excluding ortho intramolecular Hbond substituents is 4. The number of nitrogens with one attached hydrogen (secondary N) is 2. The first-order valence-corrected chi connectivity index (χ1v) is 19.3. The van der Waals surface area contributed by atoms with E-state index in [1.807, 2.05) is 48.7 Å². The predicted molar refractivity (Wildman–Crippen MR) is 219 cm³/mol. The van der Waals surface area contributed by atoms with E-state index in [9.17, 15) is 25.5 Å². The van der Waals surface area contributed by atoms with E-state index in [1.54, 1.807) is 42.6 Å². The number of methoxy groups -OCH3 is 2. The molecule has 4 atom stereocenters. The number of Topliss-reactive ketones (excluding diaryl/α,β-unsaturated/α-hetero) is 1. The lowest BCUT2D eigenvalue weighted by atomic mass is 9.59. The Balaban J connectivity index is 1.28. The van der Waals surface area contributed by atoms with Crippen molar-refractivity contribution in [3.63, 3.8) is 0 Å². The number of H-pyrrole nitrogens is 1. The quantitative estimate of drug-likeness (QED) is 0.0474. The predicted octanol–water partition coefficient (Wildman–Crippen LogP) is 8.24. The summed E-state index contributed by atoms with van der Waals surface area (Å²) < 4.78 is 10.6. The van der Waals surface area contributed by atoms with Gasteiger partial charge in [0.1, 0.15) is 17.4 Å². The molecule has 1 aliphatic rings. The average Bonchev–Trinajstić information content (AvgIpc) is 3.89. The number of aromatic amines is 1. The molecule has 7 N–H and O–H groups in total. The lowest BCUT2D eigenvalue weighted by molar-refractivity contribution is -0.131. The Morgan fingerprint density at radius 3 is 2.46 bits per heavy atom. The van der Waals surface area contributed by atoms with Gasteiger partial charge in [0.25, 0.3) is 0 Å². The van der Waals surface area contributed by atoms with Gasteiger partial charge in [0.2, 0.25) is 5.75 Å². The topological polar surface area (TPSA) is 177 Å². The summed E-state index contributed by atoms with van der Waals surface area (Å²) in [6, 6.07) is 27.3. The van der Waals surface area contributed by atoms with E-state index in [1.165, 1.54) is 20.3 Å². The fourth-order valence-electron chi connectivity index (χ4n) is 8.94. The summed E-state index contributed by atoms with van der Waals surface area (Å²) in [5.74, 6) is -0.396. The smallest absolute Gasteiger partial charge is 0.200 e. The number of aryl methyl sites for hydroxylation is 2. The maximum Gasteiger partial charge on any atom is 0.200 e. The summed E-state index contributed by atoms with van der Waals surface area (Å²) in [7, 11) is 2.89. The molecule has 6 aromatic rings. The van der Waals surface area contributed by atoms with E-state index in [4.69, 9.17) is 14.5 Å². The molecule has 1 saturated carbocycles. The number of nitrogens with zero attached hydrogens (tertiary/aromatic N) is 1. The number of benzene rings is 4. The molecule has 0 bridgehead atoms. The number of aliphatic hydroxyl groups excluding tert-OH is 1. The maximum absolute atomic E-state index is 15.0. The number of pyridine rings is 1. The van der Waals surface area contributed by atoms with Crippen LogP contribution in [0.15, 0.2) is 103 Å². The van der Waals surface area contributed by atoms with Crippen LogP contribution < -0.4 is 14.8 Å². The molecule has 11 heteroatoms. The van der Waals surface area contributed by atoms with E-state index < -0.39 is 17.4 Å². The average molecular weight is 772 g/mol. The van der Waals surface area contributed by atoms with Gasteiger partial charge < -0.3 is 45.3 Å². The number of fused-ring (bicyclic) bond motifs is 1. The van der Waals surface area contributed by atoms with Gasteiger partial charge in [-0.2, -0.15) is 0 Å². The van der Waals surface area contributed by atoms with Crippen LogP contribution in [0.25, 0.3) is 10.8 Å². The third-order valence-corrected chi connectivity index (χ3v) is 11.6. The van der Waals surface area contributed by atoms with Crippen LogP contribution >= 0.6 is 0 Å². The maximum atomic E-state index is 15.0. The molecule has 0 amide bonds. The fourth-order valence-corrected chi connectivity index (χ4v) is 8.94. The molecular formula is C46H49N3O8. The van der Waals surface area contributed by atoms with Crippen molar-refractivity contribution in [1.82, 2.24) is 9.97 Å². The Morgan fingerprint density at radius 1 is 0.877 bits per heavy atom. The second-order valence-corrected chi connectivity index (χ2v) is 15.1. The lowest BCUT2D eigenvalue weighted by Crippen LogP contribution is -2.49. The standard InChI is InChI=1S/C46H49N3O8/c1-56-41-22-28(7-14-37(41)51)8-15-38(52)44(39(53)16-9-29-21-40(54)45(55)42(23-29)57-2)46(18-3-5-32(46)26-34-6-4-19-47-34)33-17-20-48-43(27-33)49-35-12-10-31-25-36(50)13-11-30(31)24-35/h4,6-7,10-14,17,19-25,27,32,38,44,47,50-52,54-55H,3,5,8-9,15-16,18,26H2,1-2H3,(H,48,49). The number of carbonyl (C=O) groups excluding carboxylic acids is 1. The summed E-state index contributed by atoms with van der Waals surface area (Å²) >= 11 is 0. The molecular weight excluding hydrogens is 723 g/mol. The van der Waals surface area contributed by atoms with Crippen molar-refractivity contribution in [2.45, 2.75) is 62.9 Å². The lowest BCUT2D eigenvalue weighted by Gasteiger charge is -2.45. The van der Waals surface area contributed by atoms with Crippen LogP contribution in [0.4, 0.5) is 11.5 Å². The minimum absolute atomic E-state index is 0.0186. The van der Waals surface area contributed by atoms with Crippen molar-refractivity contribution in [3.8, 4) is 34.5 Å². The third-order valence-electron chi connectivity index (χ3n) is 11.6. The van der Waals surface area contributed by atoms with Crippen LogP contribution in [-0.2, 0) is 29.5 Å². The van der Waals surface area contributed by atoms with Gasteiger partial charge in [-0.1, -0.05) is 24.6 Å². The Bertz CT molecular complexity index is 2340. The van der Waals surface area contributed by atoms with E-state index in [0.717, 1.165) is 46.1 Å². The van der Waals surface area contributed by atoms with Gasteiger partial charge in [-0.3, -0.25) is 4.79 Å². The zero-order chi connectivity index (χ0) is 40.1. The highest BCUT2D eigenvalue weighted by Gasteiger charge is 2.54. The number of aromatic nitrogens is 2. The number of carbonyl (C=O) groups is 1. The van der Waals surface area contributed by atoms with Gasteiger partial charge in [0, 0.05) is 35.6 Å². The van der Waals surface area contributed by atoms with Crippen LogP contribution in [-0.4, -0.2) is 61.6 Å². The minimum atomic E-state index is -1.05. The van der Waals surface area contributed by atoms with Gasteiger partial charge >= 0.3 is 0 Å². The van der Waals surface area contributed by atoms with E-state index in [0.29, 0.717) is 36.4 Å². The molecule has 2 aromatic heterocycles. The third kappa shape index (κ3) is 8.34. The summed E-state index contributed by atoms with van der Waals surface area (Å²) in [5.41, 5.74) is 3.45. The normalized spacial score (nSPS) is 17.6. The molecule has 2 heterocycles. The first kappa shape index (κ1) is 39.1. The van der Waals surface area contributed by atoms with Crippen molar-refractivity contribution >= 4 is 28.1 Å². The largest absolute Gasteiger partial charge is 0.508 e. The molecule has 4 aromatic carbocycles. The highest BCUT2D eigenvalue weighted by Crippen LogP contribution is 2.54. The molecule has 11 nitrogen and oxygen atoms in total. The molecule has 1 fully saturated rings. The number of rotatable bonds is 16. The molecule has 0 radical (unpaired) electrons. The summed E-state index contributed by atoms with van der Waals surface area (Å²) in [5, 5.41) is 58.7. The molecule has 0 saturated heterocycles. The van der Waals surface area contributed by atoms with E-state index in [2.05, 4.69) is 16.4 Å². The molecule has 296 valence electrons. The molecule has 4 unspecified atom stereocenters. The van der Waals surface area contributed by atoms with Crippen molar-refractivity contribution in [2.75, 3.05) is 19.5 Å². The number of phenols is 4. The minimum Gasteiger partial charge on any atom is -0.508 e. The molecule has 0 spiro atoms. The number of ketones is 1. The Kier molecular flexibility index (Phi) is 11.6. The Hall–Kier alpha value is -6.20. The number of hydrogen-bond donors (Lipinski definition) is 7. The summed E-state index contributed by atoms with van der Waals surface area (Å²) in [6.07, 6.45) is 6.66. The SMILES string of the molecule is COc1cc(CCC(O)C(C(=O)CCc2cc(O)c(O)c(OC)c2)C2(c3ccnc(Nc4ccc5cc(O)ccc5c4)c3)CCCC2Cc2ccc[nH]2)ccc1O. The van der Waals surface area contributed by atoms with Gasteiger partial charge in [-0.05, 0) is 145 Å². The number of hydrogen-bond acceptors (Lipinski definition) is 10. The zero-order valence-electron chi connectivity index (χ0n) is 32.1. The highest BCUT2D eigenvalue weighted by atomic mass is 16.5. The van der Waals surface area contributed by atoms with Crippen molar-refractivity contribution in [2.24, 2.45) is 11.8 Å².